The Labute approximate surface area is 112 Å². The summed E-state index contributed by atoms with van der Waals surface area (Å²) in [6.45, 7) is 1.98. The van der Waals surface area contributed by atoms with Crippen LogP contribution < -0.4 is 5.73 Å². The molecular formula is C14H17N5. The number of imidazole rings is 1. The van der Waals surface area contributed by atoms with Gasteiger partial charge in [0, 0.05) is 12.6 Å². The fourth-order valence-corrected chi connectivity index (χ4v) is 2.87. The van der Waals surface area contributed by atoms with Gasteiger partial charge >= 0.3 is 0 Å². The van der Waals surface area contributed by atoms with Gasteiger partial charge in [-0.1, -0.05) is 6.07 Å². The zero-order chi connectivity index (χ0) is 13.4. The first-order chi connectivity index (χ1) is 9.20. The van der Waals surface area contributed by atoms with Crippen LogP contribution in [0, 0.1) is 11.3 Å². The first-order valence-electron chi connectivity index (χ1n) is 6.56. The molecular weight excluding hydrogens is 238 g/mol. The van der Waals surface area contributed by atoms with Crippen LogP contribution in [0.3, 0.4) is 0 Å². The number of likely N-dealkylation sites (N-methyl/N-ethyl adjacent to an activating group) is 1. The lowest BCUT2D eigenvalue weighted by Gasteiger charge is -2.20. The molecule has 1 saturated heterocycles. The molecule has 1 fully saturated rings. The van der Waals surface area contributed by atoms with Gasteiger partial charge in [-0.15, -0.1) is 0 Å². The number of fused-ring (bicyclic) bond motifs is 1. The van der Waals surface area contributed by atoms with Crippen molar-refractivity contribution in [2.75, 3.05) is 19.3 Å². The van der Waals surface area contributed by atoms with Gasteiger partial charge in [0.15, 0.2) is 0 Å². The van der Waals surface area contributed by atoms with Crippen LogP contribution in [0.15, 0.2) is 18.2 Å². The predicted octanol–water partition coefficient (Wildman–Crippen LogP) is 1.58. The fraction of sp³-hybridized carbons (Fsp3) is 0.429. The quantitative estimate of drug-likeness (QED) is 0.884. The minimum absolute atomic E-state index is 0.498. The van der Waals surface area contributed by atoms with Crippen LogP contribution in [0.25, 0.3) is 11.0 Å². The molecule has 98 valence electrons. The minimum atomic E-state index is 0.498. The van der Waals surface area contributed by atoms with E-state index < -0.39 is 0 Å². The summed E-state index contributed by atoms with van der Waals surface area (Å²) < 4.78 is 2.03. The normalized spacial score (nSPS) is 19.9. The van der Waals surface area contributed by atoms with Crippen molar-refractivity contribution < 1.29 is 0 Å². The number of nitrogens with zero attached hydrogens (tertiary/aromatic N) is 4. The molecule has 1 aliphatic heterocycles. The average Bonchev–Trinajstić information content (AvgIpc) is 2.95. The van der Waals surface area contributed by atoms with E-state index in [0.29, 0.717) is 23.1 Å². The van der Waals surface area contributed by atoms with E-state index in [1.54, 1.807) is 6.07 Å². The second kappa shape index (κ2) is 4.56. The number of nitrogen functional groups attached to an aromatic ring is 1. The topological polar surface area (TPSA) is 70.9 Å². The van der Waals surface area contributed by atoms with Gasteiger partial charge in [0.25, 0.3) is 0 Å². The van der Waals surface area contributed by atoms with E-state index in [-0.39, 0.29) is 0 Å². The SMILES string of the molecule is CN1CCCC1Cn1c(N)nc2c(C#N)cccc21. The van der Waals surface area contributed by atoms with Gasteiger partial charge in [0.1, 0.15) is 11.6 Å². The molecule has 0 aliphatic carbocycles. The van der Waals surface area contributed by atoms with E-state index in [9.17, 15) is 0 Å². The predicted molar refractivity (Wildman–Crippen MR) is 74.5 cm³/mol. The number of nitrogens with two attached hydrogens (primary N) is 1. The zero-order valence-corrected chi connectivity index (χ0v) is 11.0. The van der Waals surface area contributed by atoms with Crippen molar-refractivity contribution in [3.63, 3.8) is 0 Å². The molecule has 1 atom stereocenters. The maximum Gasteiger partial charge on any atom is 0.201 e. The number of nitriles is 1. The fourth-order valence-electron chi connectivity index (χ4n) is 2.87. The molecule has 2 aromatic rings. The number of rotatable bonds is 2. The van der Waals surface area contributed by atoms with Crippen LogP contribution in [0.5, 0.6) is 0 Å². The van der Waals surface area contributed by atoms with Crippen LogP contribution in [0.4, 0.5) is 5.95 Å². The van der Waals surface area contributed by atoms with Crippen molar-refractivity contribution in [1.29, 1.82) is 5.26 Å². The number of likely N-dealkylation sites (tertiary alicyclic amines) is 1. The Morgan fingerprint density at radius 3 is 3.05 bits per heavy atom. The number of anilines is 1. The summed E-state index contributed by atoms with van der Waals surface area (Å²) in [4.78, 5) is 6.71. The molecule has 3 rings (SSSR count). The van der Waals surface area contributed by atoms with Crippen molar-refractivity contribution in [1.82, 2.24) is 14.5 Å². The van der Waals surface area contributed by atoms with Gasteiger partial charge < -0.3 is 15.2 Å². The van der Waals surface area contributed by atoms with E-state index in [1.807, 2.05) is 16.7 Å². The molecule has 1 aromatic carbocycles. The summed E-state index contributed by atoms with van der Waals surface area (Å²) in [5.41, 5.74) is 8.28. The van der Waals surface area contributed by atoms with Crippen molar-refractivity contribution in [3.05, 3.63) is 23.8 Å². The second-order valence-electron chi connectivity index (χ2n) is 5.14. The molecule has 2 heterocycles. The molecule has 19 heavy (non-hydrogen) atoms. The van der Waals surface area contributed by atoms with Crippen LogP contribution in [0.2, 0.25) is 0 Å². The lowest BCUT2D eigenvalue weighted by molar-refractivity contribution is 0.285. The van der Waals surface area contributed by atoms with E-state index >= 15 is 0 Å². The molecule has 0 amide bonds. The minimum Gasteiger partial charge on any atom is -0.369 e. The summed E-state index contributed by atoms with van der Waals surface area (Å²) in [6.07, 6.45) is 2.42. The van der Waals surface area contributed by atoms with E-state index in [2.05, 4.69) is 23.0 Å². The molecule has 0 radical (unpaired) electrons. The average molecular weight is 255 g/mol. The Kier molecular flexibility index (Phi) is 2.88. The van der Waals surface area contributed by atoms with Crippen molar-refractivity contribution in [2.24, 2.45) is 0 Å². The molecule has 0 spiro atoms. The van der Waals surface area contributed by atoms with E-state index in [0.717, 1.165) is 18.6 Å². The maximum absolute atomic E-state index is 9.11. The van der Waals surface area contributed by atoms with Crippen LogP contribution in [-0.4, -0.2) is 34.1 Å². The molecule has 0 bridgehead atoms. The Morgan fingerprint density at radius 1 is 1.53 bits per heavy atom. The first-order valence-corrected chi connectivity index (χ1v) is 6.56. The summed E-state index contributed by atoms with van der Waals surface area (Å²) in [5, 5.41) is 9.11. The zero-order valence-electron chi connectivity index (χ0n) is 11.0. The Balaban J connectivity index is 2.04. The van der Waals surface area contributed by atoms with Crippen LogP contribution in [-0.2, 0) is 6.54 Å². The lowest BCUT2D eigenvalue weighted by Crippen LogP contribution is -2.29. The molecule has 1 unspecified atom stereocenters. The van der Waals surface area contributed by atoms with E-state index in [1.165, 1.54) is 12.8 Å². The van der Waals surface area contributed by atoms with Gasteiger partial charge in [-0.2, -0.15) is 5.26 Å². The summed E-state index contributed by atoms with van der Waals surface area (Å²) in [6, 6.07) is 8.32. The Hall–Kier alpha value is -2.06. The Bertz CT molecular complexity index is 652. The number of para-hydroxylation sites is 1. The van der Waals surface area contributed by atoms with Crippen molar-refractivity contribution in [2.45, 2.75) is 25.4 Å². The van der Waals surface area contributed by atoms with E-state index in [4.69, 9.17) is 11.0 Å². The van der Waals surface area contributed by atoms with Crippen LogP contribution in [0.1, 0.15) is 18.4 Å². The lowest BCUT2D eigenvalue weighted by atomic mass is 10.2. The standard InChI is InChI=1S/C14H17N5/c1-18-7-3-5-11(18)9-19-12-6-2-4-10(8-15)13(12)17-14(19)16/h2,4,6,11H,3,5,7,9H2,1H3,(H2,16,17). The molecule has 1 aromatic heterocycles. The Morgan fingerprint density at radius 2 is 2.37 bits per heavy atom. The number of hydrogen-bond donors (Lipinski definition) is 1. The van der Waals surface area contributed by atoms with Gasteiger partial charge in [-0.3, -0.25) is 0 Å². The molecule has 5 nitrogen and oxygen atoms in total. The molecule has 1 aliphatic rings. The largest absolute Gasteiger partial charge is 0.369 e. The highest BCUT2D eigenvalue weighted by atomic mass is 15.2. The van der Waals surface area contributed by atoms with Crippen LogP contribution >= 0.6 is 0 Å². The van der Waals surface area contributed by atoms with Gasteiger partial charge in [-0.25, -0.2) is 4.98 Å². The molecule has 2 N–H and O–H groups in total. The third-order valence-electron chi connectivity index (χ3n) is 3.99. The smallest absolute Gasteiger partial charge is 0.201 e. The van der Waals surface area contributed by atoms with Crippen molar-refractivity contribution in [3.8, 4) is 6.07 Å². The number of hydrogen-bond acceptors (Lipinski definition) is 4. The maximum atomic E-state index is 9.11. The highest BCUT2D eigenvalue weighted by molar-refractivity contribution is 5.83. The van der Waals surface area contributed by atoms with Crippen molar-refractivity contribution >= 4 is 17.0 Å². The van der Waals surface area contributed by atoms with Gasteiger partial charge in [0.05, 0.1) is 11.1 Å². The highest BCUT2D eigenvalue weighted by Gasteiger charge is 2.23. The van der Waals surface area contributed by atoms with Gasteiger partial charge in [-0.05, 0) is 38.6 Å². The number of aromatic nitrogens is 2. The second-order valence-corrected chi connectivity index (χ2v) is 5.14. The summed E-state index contributed by atoms with van der Waals surface area (Å²) in [7, 11) is 2.15. The molecule has 0 saturated carbocycles. The highest BCUT2D eigenvalue weighted by Crippen LogP contribution is 2.24. The number of benzene rings is 1. The third kappa shape index (κ3) is 1.94. The monoisotopic (exact) mass is 255 g/mol. The summed E-state index contributed by atoms with van der Waals surface area (Å²) in [5.74, 6) is 0.498. The van der Waals surface area contributed by atoms with Gasteiger partial charge in [0.2, 0.25) is 5.95 Å². The summed E-state index contributed by atoms with van der Waals surface area (Å²) >= 11 is 0. The molecule has 5 heteroatoms. The third-order valence-corrected chi connectivity index (χ3v) is 3.99. The first kappa shape index (κ1) is 12.0.